The quantitative estimate of drug-likeness (QED) is 0.413. The maximum atomic E-state index is 11.6. The van der Waals surface area contributed by atoms with E-state index < -0.39 is 0 Å². The molecule has 1 saturated heterocycles. The molecule has 1 fully saturated rings. The highest BCUT2D eigenvalue weighted by atomic mass is 127. The van der Waals surface area contributed by atoms with Crippen LogP contribution in [-0.4, -0.2) is 55.8 Å². The third kappa shape index (κ3) is 7.73. The number of guanidine groups is 1. The van der Waals surface area contributed by atoms with Gasteiger partial charge in [0.1, 0.15) is 0 Å². The lowest BCUT2D eigenvalue weighted by molar-refractivity contribution is 0.0963. The molecule has 6 nitrogen and oxygen atoms in total. The Balaban J connectivity index is 0.00000400. The van der Waals surface area contributed by atoms with Crippen molar-refractivity contribution in [1.29, 1.82) is 0 Å². The average molecular weight is 412 g/mol. The summed E-state index contributed by atoms with van der Waals surface area (Å²) in [4.78, 5) is 17.9. The van der Waals surface area contributed by atoms with E-state index in [1.807, 2.05) is 6.92 Å². The third-order valence-corrected chi connectivity index (χ3v) is 3.20. The standard InChI is InChI=1S/C14H28N4O2.HI/c1-4-9-16-13(15-5-2)17-12-7-10-18(11-8-12)14(19)20-6-3;/h12H,4-11H2,1-3H3,(H2,15,16,17);1H. The lowest BCUT2D eigenvalue weighted by Crippen LogP contribution is -2.49. The van der Waals surface area contributed by atoms with Crippen LogP contribution in [0, 0.1) is 0 Å². The van der Waals surface area contributed by atoms with Gasteiger partial charge in [0.05, 0.1) is 6.61 Å². The fourth-order valence-electron chi connectivity index (χ4n) is 2.16. The normalized spacial score (nSPS) is 16.1. The van der Waals surface area contributed by atoms with Crippen LogP contribution in [-0.2, 0) is 4.74 Å². The van der Waals surface area contributed by atoms with Crippen molar-refractivity contribution in [2.45, 2.75) is 46.1 Å². The molecule has 7 heteroatoms. The topological polar surface area (TPSA) is 66.0 Å². The second-order valence-corrected chi connectivity index (χ2v) is 4.87. The minimum absolute atomic E-state index is 0. The first-order valence-corrected chi connectivity index (χ1v) is 7.67. The third-order valence-electron chi connectivity index (χ3n) is 3.20. The van der Waals surface area contributed by atoms with E-state index >= 15 is 0 Å². The second-order valence-electron chi connectivity index (χ2n) is 4.87. The molecule has 2 N–H and O–H groups in total. The van der Waals surface area contributed by atoms with Crippen molar-refractivity contribution in [3.63, 3.8) is 0 Å². The summed E-state index contributed by atoms with van der Waals surface area (Å²) in [6, 6.07) is 0.371. The van der Waals surface area contributed by atoms with Crippen molar-refractivity contribution < 1.29 is 9.53 Å². The molecule has 0 bridgehead atoms. The van der Waals surface area contributed by atoms with Crippen LogP contribution in [0.5, 0.6) is 0 Å². The molecule has 1 amide bonds. The molecule has 21 heavy (non-hydrogen) atoms. The number of halogens is 1. The Labute approximate surface area is 145 Å². The molecule has 0 radical (unpaired) electrons. The number of ether oxygens (including phenoxy) is 1. The van der Waals surface area contributed by atoms with Crippen molar-refractivity contribution >= 4 is 36.0 Å². The van der Waals surface area contributed by atoms with Crippen molar-refractivity contribution in [1.82, 2.24) is 15.5 Å². The van der Waals surface area contributed by atoms with Gasteiger partial charge in [0.15, 0.2) is 5.96 Å². The van der Waals surface area contributed by atoms with E-state index in [1.54, 1.807) is 4.90 Å². The number of likely N-dealkylation sites (tertiary alicyclic amines) is 1. The molecule has 1 heterocycles. The highest BCUT2D eigenvalue weighted by Gasteiger charge is 2.23. The molecule has 0 aromatic carbocycles. The Hall–Kier alpha value is -0.730. The van der Waals surface area contributed by atoms with Gasteiger partial charge in [-0.2, -0.15) is 0 Å². The van der Waals surface area contributed by atoms with Gasteiger partial charge in [-0.25, -0.2) is 4.79 Å². The number of nitrogens with zero attached hydrogens (tertiary/aromatic N) is 2. The Morgan fingerprint density at radius 3 is 2.48 bits per heavy atom. The summed E-state index contributed by atoms with van der Waals surface area (Å²) in [5, 5.41) is 6.70. The number of amides is 1. The molecular weight excluding hydrogens is 383 g/mol. The van der Waals surface area contributed by atoms with Gasteiger partial charge < -0.3 is 20.3 Å². The zero-order valence-electron chi connectivity index (χ0n) is 13.4. The maximum Gasteiger partial charge on any atom is 0.409 e. The van der Waals surface area contributed by atoms with Crippen LogP contribution >= 0.6 is 24.0 Å². The van der Waals surface area contributed by atoms with Crippen molar-refractivity contribution in [2.24, 2.45) is 4.99 Å². The Bertz CT molecular complexity index is 318. The summed E-state index contributed by atoms with van der Waals surface area (Å²) < 4.78 is 5.02. The van der Waals surface area contributed by atoms with E-state index in [0.29, 0.717) is 12.6 Å². The van der Waals surface area contributed by atoms with Crippen molar-refractivity contribution in [3.05, 3.63) is 0 Å². The van der Waals surface area contributed by atoms with Crippen LogP contribution in [0.1, 0.15) is 40.0 Å². The van der Waals surface area contributed by atoms with E-state index in [1.165, 1.54) is 0 Å². The second kappa shape index (κ2) is 11.9. The number of piperidine rings is 1. The molecule has 0 aromatic rings. The van der Waals surface area contributed by atoms with E-state index in [2.05, 4.69) is 29.5 Å². The molecule has 1 aliphatic heterocycles. The molecule has 1 aliphatic rings. The summed E-state index contributed by atoms with van der Waals surface area (Å²) >= 11 is 0. The van der Waals surface area contributed by atoms with Crippen LogP contribution < -0.4 is 10.6 Å². The summed E-state index contributed by atoms with van der Waals surface area (Å²) in [6.45, 7) is 9.61. The number of hydrogen-bond acceptors (Lipinski definition) is 3. The lowest BCUT2D eigenvalue weighted by Gasteiger charge is -2.32. The van der Waals surface area contributed by atoms with Gasteiger partial charge in [0.25, 0.3) is 0 Å². The van der Waals surface area contributed by atoms with E-state index in [4.69, 9.17) is 4.74 Å². The number of hydrogen-bond donors (Lipinski definition) is 2. The predicted molar refractivity (Wildman–Crippen MR) is 96.4 cm³/mol. The monoisotopic (exact) mass is 412 g/mol. The van der Waals surface area contributed by atoms with Crippen molar-refractivity contribution in [2.75, 3.05) is 32.8 Å². The number of rotatable bonds is 5. The predicted octanol–water partition coefficient (Wildman–Crippen LogP) is 2.19. The van der Waals surface area contributed by atoms with Gasteiger partial charge in [-0.05, 0) is 33.1 Å². The molecule has 0 aliphatic carbocycles. The zero-order chi connectivity index (χ0) is 14.8. The Morgan fingerprint density at radius 2 is 1.95 bits per heavy atom. The molecule has 0 spiro atoms. The van der Waals surface area contributed by atoms with Crippen LogP contribution in [0.15, 0.2) is 4.99 Å². The molecule has 124 valence electrons. The largest absolute Gasteiger partial charge is 0.450 e. The summed E-state index contributed by atoms with van der Waals surface area (Å²) in [5.74, 6) is 0.879. The van der Waals surface area contributed by atoms with E-state index in [-0.39, 0.29) is 30.1 Å². The molecular formula is C14H29IN4O2. The summed E-state index contributed by atoms with van der Waals surface area (Å²) in [7, 11) is 0. The van der Waals surface area contributed by atoms with Crippen molar-refractivity contribution in [3.8, 4) is 0 Å². The first kappa shape index (κ1) is 20.3. The molecule has 0 unspecified atom stereocenters. The average Bonchev–Trinajstić information content (AvgIpc) is 2.46. The minimum atomic E-state index is -0.197. The van der Waals surface area contributed by atoms with Crippen LogP contribution in [0.2, 0.25) is 0 Å². The number of nitrogens with one attached hydrogen (secondary N) is 2. The summed E-state index contributed by atoms with van der Waals surface area (Å²) in [6.07, 6.45) is 2.69. The molecule has 0 aromatic heterocycles. The van der Waals surface area contributed by atoms with E-state index in [0.717, 1.165) is 51.4 Å². The fourth-order valence-corrected chi connectivity index (χ4v) is 2.16. The van der Waals surface area contributed by atoms with Gasteiger partial charge in [-0.3, -0.25) is 4.99 Å². The SMILES string of the molecule is CCCN=C(NCC)NC1CCN(C(=O)OCC)CC1.I. The first-order chi connectivity index (χ1) is 9.71. The lowest BCUT2D eigenvalue weighted by atomic mass is 10.1. The molecule has 1 rings (SSSR count). The zero-order valence-corrected chi connectivity index (χ0v) is 15.7. The van der Waals surface area contributed by atoms with E-state index in [9.17, 15) is 4.79 Å². The highest BCUT2D eigenvalue weighted by molar-refractivity contribution is 14.0. The van der Waals surface area contributed by atoms with Crippen LogP contribution in [0.25, 0.3) is 0 Å². The molecule has 0 atom stereocenters. The van der Waals surface area contributed by atoms with Gasteiger partial charge in [0, 0.05) is 32.2 Å². The van der Waals surface area contributed by atoms with Gasteiger partial charge in [0.2, 0.25) is 0 Å². The summed E-state index contributed by atoms with van der Waals surface area (Å²) in [5.41, 5.74) is 0. The van der Waals surface area contributed by atoms with Gasteiger partial charge in [-0.1, -0.05) is 6.92 Å². The fraction of sp³-hybridized carbons (Fsp3) is 0.857. The first-order valence-electron chi connectivity index (χ1n) is 7.67. The van der Waals surface area contributed by atoms with Gasteiger partial charge in [-0.15, -0.1) is 24.0 Å². The Morgan fingerprint density at radius 1 is 1.29 bits per heavy atom. The number of carbonyl (C=O) groups is 1. The van der Waals surface area contributed by atoms with Gasteiger partial charge >= 0.3 is 6.09 Å². The maximum absolute atomic E-state index is 11.6. The number of carbonyl (C=O) groups excluding carboxylic acids is 1. The highest BCUT2D eigenvalue weighted by Crippen LogP contribution is 2.11. The smallest absolute Gasteiger partial charge is 0.409 e. The Kier molecular flexibility index (Phi) is 11.5. The van der Waals surface area contributed by atoms with Crippen LogP contribution in [0.3, 0.4) is 0 Å². The molecule has 0 saturated carbocycles. The number of aliphatic imine (C=N–C) groups is 1. The minimum Gasteiger partial charge on any atom is -0.450 e. The van der Waals surface area contributed by atoms with Crippen LogP contribution in [0.4, 0.5) is 4.79 Å².